The number of nitrogens with zero attached hydrogens (tertiary/aromatic N) is 3. The lowest BCUT2D eigenvalue weighted by molar-refractivity contribution is -0.132. The molecular formula is C21H24N4O3S. The normalized spacial score (nSPS) is 15.7. The van der Waals surface area contributed by atoms with Gasteiger partial charge in [-0.15, -0.1) is 0 Å². The molecule has 0 aliphatic carbocycles. The van der Waals surface area contributed by atoms with Crippen LogP contribution in [0.4, 0.5) is 0 Å². The van der Waals surface area contributed by atoms with Crippen molar-refractivity contribution in [1.82, 2.24) is 19.2 Å². The minimum atomic E-state index is -3.38. The van der Waals surface area contributed by atoms with Gasteiger partial charge >= 0.3 is 0 Å². The molecule has 29 heavy (non-hydrogen) atoms. The van der Waals surface area contributed by atoms with Crippen LogP contribution in [0, 0.1) is 0 Å². The number of nitrogens with one attached hydrogen (secondary N) is 1. The van der Waals surface area contributed by atoms with Crippen LogP contribution >= 0.6 is 0 Å². The molecule has 1 fully saturated rings. The number of benzene rings is 2. The summed E-state index contributed by atoms with van der Waals surface area (Å²) in [4.78, 5) is 22.0. The fourth-order valence-electron chi connectivity index (χ4n) is 3.60. The van der Waals surface area contributed by atoms with Gasteiger partial charge < -0.3 is 9.88 Å². The minimum Gasteiger partial charge on any atom is -0.342 e. The Hall–Kier alpha value is -2.71. The summed E-state index contributed by atoms with van der Waals surface area (Å²) < 4.78 is 26.8. The molecule has 1 amide bonds. The van der Waals surface area contributed by atoms with E-state index >= 15 is 0 Å². The standard InChI is InChI=1S/C21H24N4O3S/c26-21(11-10-20-22-18-8-4-5-9-19(18)23-20)24-12-14-25(15-13-24)29(27,28)16-17-6-2-1-3-7-17/h1-9H,10-16H2,(H,22,23). The first-order valence-electron chi connectivity index (χ1n) is 9.74. The van der Waals surface area contributed by atoms with Crippen molar-refractivity contribution in [1.29, 1.82) is 0 Å². The van der Waals surface area contributed by atoms with Crippen LogP contribution in [-0.4, -0.2) is 59.7 Å². The van der Waals surface area contributed by atoms with Crippen molar-refractivity contribution in [2.24, 2.45) is 0 Å². The number of H-pyrrole nitrogens is 1. The van der Waals surface area contributed by atoms with Crippen LogP contribution in [0.5, 0.6) is 0 Å². The van der Waals surface area contributed by atoms with E-state index in [1.165, 1.54) is 4.31 Å². The smallest absolute Gasteiger partial charge is 0.223 e. The fraction of sp³-hybridized carbons (Fsp3) is 0.333. The van der Waals surface area contributed by atoms with Crippen LogP contribution < -0.4 is 0 Å². The van der Waals surface area contributed by atoms with Gasteiger partial charge in [0.1, 0.15) is 5.82 Å². The second-order valence-electron chi connectivity index (χ2n) is 7.22. The number of piperazine rings is 1. The zero-order valence-corrected chi connectivity index (χ0v) is 16.9. The topological polar surface area (TPSA) is 86.4 Å². The van der Waals surface area contributed by atoms with Gasteiger partial charge in [-0.3, -0.25) is 4.79 Å². The van der Waals surface area contributed by atoms with E-state index in [0.717, 1.165) is 22.4 Å². The molecule has 4 rings (SSSR count). The lowest BCUT2D eigenvalue weighted by atomic mass is 10.2. The second kappa shape index (κ2) is 8.34. The maximum Gasteiger partial charge on any atom is 0.223 e. The van der Waals surface area contributed by atoms with E-state index in [1.54, 1.807) is 4.90 Å². The van der Waals surface area contributed by atoms with Crippen LogP contribution in [0.25, 0.3) is 11.0 Å². The predicted octanol–water partition coefficient (Wildman–Crippen LogP) is 2.17. The number of aromatic nitrogens is 2. The van der Waals surface area contributed by atoms with E-state index in [2.05, 4.69) is 9.97 Å². The average Bonchev–Trinajstić information content (AvgIpc) is 3.15. The van der Waals surface area contributed by atoms with Gasteiger partial charge in [-0.2, -0.15) is 4.31 Å². The molecule has 0 atom stereocenters. The number of sulfonamides is 1. The minimum absolute atomic E-state index is 0.00611. The van der Waals surface area contributed by atoms with E-state index in [0.29, 0.717) is 39.0 Å². The maximum atomic E-state index is 12.6. The van der Waals surface area contributed by atoms with E-state index in [-0.39, 0.29) is 11.7 Å². The number of fused-ring (bicyclic) bond motifs is 1. The molecular weight excluding hydrogens is 388 g/mol. The largest absolute Gasteiger partial charge is 0.342 e. The summed E-state index contributed by atoms with van der Waals surface area (Å²) in [7, 11) is -3.38. The van der Waals surface area contributed by atoms with Crippen molar-refractivity contribution in [3.63, 3.8) is 0 Å². The van der Waals surface area contributed by atoms with E-state index in [9.17, 15) is 13.2 Å². The van der Waals surface area contributed by atoms with Gasteiger partial charge in [0.25, 0.3) is 0 Å². The zero-order chi connectivity index (χ0) is 20.3. The van der Waals surface area contributed by atoms with Crippen molar-refractivity contribution in [3.8, 4) is 0 Å². The fourth-order valence-corrected chi connectivity index (χ4v) is 5.12. The number of rotatable bonds is 6. The Morgan fingerprint density at radius 1 is 0.966 bits per heavy atom. The zero-order valence-electron chi connectivity index (χ0n) is 16.1. The predicted molar refractivity (Wildman–Crippen MR) is 112 cm³/mol. The molecule has 1 N–H and O–H groups in total. The molecule has 0 unspecified atom stereocenters. The van der Waals surface area contributed by atoms with Crippen molar-refractivity contribution in [2.45, 2.75) is 18.6 Å². The second-order valence-corrected chi connectivity index (χ2v) is 9.19. The van der Waals surface area contributed by atoms with Gasteiger partial charge in [-0.1, -0.05) is 42.5 Å². The van der Waals surface area contributed by atoms with E-state index in [1.807, 2.05) is 54.6 Å². The highest BCUT2D eigenvalue weighted by molar-refractivity contribution is 7.88. The van der Waals surface area contributed by atoms with Gasteiger partial charge in [-0.25, -0.2) is 13.4 Å². The number of carbonyl (C=O) groups is 1. The summed E-state index contributed by atoms with van der Waals surface area (Å²) in [5.41, 5.74) is 2.64. The molecule has 1 aliphatic rings. The van der Waals surface area contributed by atoms with Crippen LogP contribution in [0.3, 0.4) is 0 Å². The number of imidazole rings is 1. The number of carbonyl (C=O) groups excluding carboxylic acids is 1. The van der Waals surface area contributed by atoms with Crippen LogP contribution in [-0.2, 0) is 27.0 Å². The third-order valence-corrected chi connectivity index (χ3v) is 7.04. The van der Waals surface area contributed by atoms with E-state index in [4.69, 9.17) is 0 Å². The van der Waals surface area contributed by atoms with Crippen molar-refractivity contribution in [2.75, 3.05) is 26.2 Å². The number of hydrogen-bond acceptors (Lipinski definition) is 4. The number of hydrogen-bond donors (Lipinski definition) is 1. The molecule has 8 heteroatoms. The lowest BCUT2D eigenvalue weighted by Gasteiger charge is -2.34. The molecule has 2 heterocycles. The van der Waals surface area contributed by atoms with Gasteiger partial charge in [-0.05, 0) is 17.7 Å². The summed E-state index contributed by atoms with van der Waals surface area (Å²) in [6, 6.07) is 16.9. The molecule has 1 aromatic heterocycles. The average molecular weight is 413 g/mol. The molecule has 3 aromatic rings. The van der Waals surface area contributed by atoms with Crippen molar-refractivity contribution in [3.05, 3.63) is 66.0 Å². The Bertz CT molecular complexity index is 1050. The molecule has 152 valence electrons. The van der Waals surface area contributed by atoms with Gasteiger partial charge in [0.15, 0.2) is 0 Å². The highest BCUT2D eigenvalue weighted by Gasteiger charge is 2.28. The molecule has 0 saturated carbocycles. The highest BCUT2D eigenvalue weighted by Crippen LogP contribution is 2.15. The van der Waals surface area contributed by atoms with Crippen molar-refractivity contribution < 1.29 is 13.2 Å². The van der Waals surface area contributed by atoms with Gasteiger partial charge in [0.2, 0.25) is 15.9 Å². The van der Waals surface area contributed by atoms with Crippen LogP contribution in [0.2, 0.25) is 0 Å². The lowest BCUT2D eigenvalue weighted by Crippen LogP contribution is -2.50. The molecule has 0 spiro atoms. The Morgan fingerprint density at radius 3 is 2.38 bits per heavy atom. The third-order valence-electron chi connectivity index (χ3n) is 5.19. The van der Waals surface area contributed by atoms with Crippen LogP contribution in [0.1, 0.15) is 17.8 Å². The molecule has 0 radical (unpaired) electrons. The van der Waals surface area contributed by atoms with Crippen LogP contribution in [0.15, 0.2) is 54.6 Å². The van der Waals surface area contributed by atoms with Gasteiger partial charge in [0, 0.05) is 39.0 Å². The Labute approximate surface area is 170 Å². The van der Waals surface area contributed by atoms with Crippen molar-refractivity contribution >= 4 is 27.0 Å². The quantitative estimate of drug-likeness (QED) is 0.672. The SMILES string of the molecule is O=C(CCc1nc2ccccc2[nH]1)N1CCN(S(=O)(=O)Cc2ccccc2)CC1. The first-order chi connectivity index (χ1) is 14.0. The monoisotopic (exact) mass is 412 g/mol. The summed E-state index contributed by atoms with van der Waals surface area (Å²) in [6.07, 6.45) is 0.899. The Balaban J connectivity index is 1.29. The number of amides is 1. The first-order valence-corrected chi connectivity index (χ1v) is 11.4. The number of para-hydroxylation sites is 2. The third kappa shape index (κ3) is 4.65. The summed E-state index contributed by atoms with van der Waals surface area (Å²) in [5, 5.41) is 0. The summed E-state index contributed by atoms with van der Waals surface area (Å²) in [6.45, 7) is 1.52. The maximum absolute atomic E-state index is 12.6. The number of aromatic amines is 1. The number of aryl methyl sites for hydroxylation is 1. The highest BCUT2D eigenvalue weighted by atomic mass is 32.2. The van der Waals surface area contributed by atoms with Gasteiger partial charge in [0.05, 0.1) is 16.8 Å². The first kappa shape index (κ1) is 19.6. The summed E-state index contributed by atoms with van der Waals surface area (Å²) in [5.74, 6) is 0.822. The molecule has 2 aromatic carbocycles. The molecule has 1 aliphatic heterocycles. The van der Waals surface area contributed by atoms with E-state index < -0.39 is 10.0 Å². The molecule has 1 saturated heterocycles. The Kier molecular flexibility index (Phi) is 5.64. The molecule has 0 bridgehead atoms. The molecule has 7 nitrogen and oxygen atoms in total. The Morgan fingerprint density at radius 2 is 1.66 bits per heavy atom. The summed E-state index contributed by atoms with van der Waals surface area (Å²) >= 11 is 0.